The molecule has 4 heteroatoms. The monoisotopic (exact) mass is 221 g/mol. The molecule has 1 amide bonds. The van der Waals surface area contributed by atoms with E-state index in [2.05, 4.69) is 5.32 Å². The maximum atomic E-state index is 11.3. The first-order valence-corrected chi connectivity index (χ1v) is 4.83. The van der Waals surface area contributed by atoms with Crippen molar-refractivity contribution in [3.63, 3.8) is 0 Å². The van der Waals surface area contributed by atoms with Crippen LogP contribution >= 0.6 is 11.6 Å². The van der Waals surface area contributed by atoms with Crippen LogP contribution in [0, 0.1) is 0 Å². The molecule has 1 saturated heterocycles. The van der Waals surface area contributed by atoms with E-state index in [-0.39, 0.29) is 18.1 Å². The number of hydrogen-bond donors (Lipinski definition) is 1. The summed E-state index contributed by atoms with van der Waals surface area (Å²) in [5.41, 5.74) is 1.19. The number of amides is 1. The lowest BCUT2D eigenvalue weighted by Crippen LogP contribution is -2.12. The molecular formula is C11H8ClNO2. The standard InChI is InChI=1S/C11H8ClNO2/c12-8-3-1-7(2-4-8)5-9-10(14)6-11(15)13-9/h1-5H,6H2,(H,13,15). The molecule has 0 aliphatic carbocycles. The number of carbonyl (C=O) groups excluding carboxylic acids is 2. The fourth-order valence-electron chi connectivity index (χ4n) is 1.35. The summed E-state index contributed by atoms with van der Waals surface area (Å²) >= 11 is 5.72. The van der Waals surface area contributed by atoms with Crippen molar-refractivity contribution in [2.45, 2.75) is 6.42 Å². The molecule has 0 unspecified atom stereocenters. The van der Waals surface area contributed by atoms with E-state index in [0.717, 1.165) is 5.56 Å². The molecule has 1 fully saturated rings. The van der Waals surface area contributed by atoms with Crippen LogP contribution in [-0.4, -0.2) is 11.7 Å². The maximum absolute atomic E-state index is 11.3. The smallest absolute Gasteiger partial charge is 0.232 e. The van der Waals surface area contributed by atoms with E-state index in [1.54, 1.807) is 30.3 Å². The molecule has 1 heterocycles. The maximum Gasteiger partial charge on any atom is 0.232 e. The Kier molecular flexibility index (Phi) is 2.56. The SMILES string of the molecule is O=C1CC(=O)C(=Cc2ccc(Cl)cc2)N1. The third kappa shape index (κ3) is 2.25. The number of ketones is 1. The highest BCUT2D eigenvalue weighted by Gasteiger charge is 2.23. The molecule has 3 nitrogen and oxygen atoms in total. The number of carbonyl (C=O) groups is 2. The minimum Gasteiger partial charge on any atom is -0.323 e. The van der Waals surface area contributed by atoms with E-state index < -0.39 is 0 Å². The highest BCUT2D eigenvalue weighted by atomic mass is 35.5. The summed E-state index contributed by atoms with van der Waals surface area (Å²) in [6.45, 7) is 0. The van der Waals surface area contributed by atoms with E-state index in [0.29, 0.717) is 10.7 Å². The van der Waals surface area contributed by atoms with Crippen LogP contribution in [0.1, 0.15) is 12.0 Å². The first-order valence-electron chi connectivity index (χ1n) is 4.45. The Hall–Kier alpha value is -1.61. The molecule has 0 bridgehead atoms. The molecule has 0 radical (unpaired) electrons. The van der Waals surface area contributed by atoms with Gasteiger partial charge in [-0.3, -0.25) is 9.59 Å². The molecule has 1 aliphatic rings. The predicted molar refractivity (Wildman–Crippen MR) is 57.2 cm³/mol. The molecule has 1 N–H and O–H groups in total. The molecule has 1 aliphatic heterocycles. The average molecular weight is 222 g/mol. The molecule has 1 aromatic rings. The highest BCUT2D eigenvalue weighted by molar-refractivity contribution is 6.30. The lowest BCUT2D eigenvalue weighted by atomic mass is 10.1. The Balaban J connectivity index is 2.27. The first-order chi connectivity index (χ1) is 7.15. The fourth-order valence-corrected chi connectivity index (χ4v) is 1.47. The van der Waals surface area contributed by atoms with Crippen molar-refractivity contribution < 1.29 is 9.59 Å². The number of Topliss-reactive ketones (excluding diaryl/α,β-unsaturated/α-hetero) is 1. The van der Waals surface area contributed by atoms with Gasteiger partial charge in [-0.1, -0.05) is 23.7 Å². The molecule has 2 rings (SSSR count). The number of halogens is 1. The van der Waals surface area contributed by atoms with Gasteiger partial charge in [-0.05, 0) is 23.8 Å². The van der Waals surface area contributed by atoms with Gasteiger partial charge in [-0.2, -0.15) is 0 Å². The van der Waals surface area contributed by atoms with Crippen molar-refractivity contribution in [2.75, 3.05) is 0 Å². The summed E-state index contributed by atoms with van der Waals surface area (Å²) in [6.07, 6.45) is 1.59. The van der Waals surface area contributed by atoms with Crippen molar-refractivity contribution in [1.82, 2.24) is 5.32 Å². The summed E-state index contributed by atoms with van der Waals surface area (Å²) in [6, 6.07) is 7.03. The topological polar surface area (TPSA) is 46.2 Å². The normalized spacial score (nSPS) is 18.3. The van der Waals surface area contributed by atoms with Crippen LogP contribution in [0.5, 0.6) is 0 Å². The van der Waals surface area contributed by atoms with Gasteiger partial charge in [0.2, 0.25) is 5.91 Å². The van der Waals surface area contributed by atoms with Crippen molar-refractivity contribution in [1.29, 1.82) is 0 Å². The fraction of sp³-hybridized carbons (Fsp3) is 0.0909. The van der Waals surface area contributed by atoms with Gasteiger partial charge in [-0.15, -0.1) is 0 Å². The molecule has 0 saturated carbocycles. The van der Waals surface area contributed by atoms with Crippen molar-refractivity contribution in [2.24, 2.45) is 0 Å². The minimum atomic E-state index is -0.250. The van der Waals surface area contributed by atoms with Crippen LogP contribution in [0.25, 0.3) is 6.08 Å². The number of rotatable bonds is 1. The summed E-state index contributed by atoms with van der Waals surface area (Å²) in [5, 5.41) is 3.14. The van der Waals surface area contributed by atoms with Crippen LogP contribution in [-0.2, 0) is 9.59 Å². The molecule has 15 heavy (non-hydrogen) atoms. The summed E-state index contributed by atoms with van der Waals surface area (Å²) < 4.78 is 0. The van der Waals surface area contributed by atoms with E-state index >= 15 is 0 Å². The van der Waals surface area contributed by atoms with E-state index in [9.17, 15) is 9.59 Å². The van der Waals surface area contributed by atoms with Crippen LogP contribution in [0.2, 0.25) is 5.02 Å². The minimum absolute atomic E-state index is 0.0561. The van der Waals surface area contributed by atoms with Crippen molar-refractivity contribution >= 4 is 29.4 Å². The zero-order chi connectivity index (χ0) is 10.8. The second-order valence-electron chi connectivity index (χ2n) is 3.26. The Morgan fingerprint density at radius 3 is 2.40 bits per heavy atom. The number of benzene rings is 1. The Labute approximate surface area is 91.7 Å². The quantitative estimate of drug-likeness (QED) is 0.580. The van der Waals surface area contributed by atoms with Gasteiger partial charge >= 0.3 is 0 Å². The predicted octanol–water partition coefficient (Wildman–Crippen LogP) is 1.77. The lowest BCUT2D eigenvalue weighted by Gasteiger charge is -1.97. The molecule has 0 aromatic heterocycles. The van der Waals surface area contributed by atoms with Gasteiger partial charge in [0.15, 0.2) is 5.78 Å². The molecule has 1 aromatic carbocycles. The number of allylic oxidation sites excluding steroid dienone is 1. The molecule has 0 atom stereocenters. The summed E-state index contributed by atoms with van der Waals surface area (Å²) in [7, 11) is 0. The van der Waals surface area contributed by atoms with E-state index in [4.69, 9.17) is 11.6 Å². The van der Waals surface area contributed by atoms with Crippen molar-refractivity contribution in [3.8, 4) is 0 Å². The van der Waals surface area contributed by atoms with Gasteiger partial charge < -0.3 is 5.32 Å². The first kappa shape index (κ1) is 9.93. The van der Waals surface area contributed by atoms with Crippen LogP contribution < -0.4 is 5.32 Å². The zero-order valence-electron chi connectivity index (χ0n) is 7.79. The molecular weight excluding hydrogens is 214 g/mol. The van der Waals surface area contributed by atoms with Crippen LogP contribution in [0.15, 0.2) is 30.0 Å². The van der Waals surface area contributed by atoms with Crippen LogP contribution in [0.4, 0.5) is 0 Å². The van der Waals surface area contributed by atoms with Gasteiger partial charge in [0.25, 0.3) is 0 Å². The van der Waals surface area contributed by atoms with Crippen molar-refractivity contribution in [3.05, 3.63) is 40.5 Å². The van der Waals surface area contributed by atoms with Gasteiger partial charge in [0.05, 0.1) is 12.1 Å². The van der Waals surface area contributed by atoms with Gasteiger partial charge in [-0.25, -0.2) is 0 Å². The second-order valence-corrected chi connectivity index (χ2v) is 3.69. The second kappa shape index (κ2) is 3.87. The van der Waals surface area contributed by atoms with Gasteiger partial charge in [0, 0.05) is 5.02 Å². The third-order valence-electron chi connectivity index (χ3n) is 2.08. The van der Waals surface area contributed by atoms with Crippen LogP contribution in [0.3, 0.4) is 0 Å². The third-order valence-corrected chi connectivity index (χ3v) is 2.33. The number of nitrogens with one attached hydrogen (secondary N) is 1. The Morgan fingerprint density at radius 2 is 1.87 bits per heavy atom. The average Bonchev–Trinajstić information content (AvgIpc) is 2.49. The molecule has 0 spiro atoms. The zero-order valence-corrected chi connectivity index (χ0v) is 8.54. The summed E-state index contributed by atoms with van der Waals surface area (Å²) in [4.78, 5) is 22.2. The Bertz CT molecular complexity index is 448. The molecule has 76 valence electrons. The van der Waals surface area contributed by atoms with E-state index in [1.807, 2.05) is 0 Å². The largest absolute Gasteiger partial charge is 0.323 e. The van der Waals surface area contributed by atoms with E-state index in [1.165, 1.54) is 0 Å². The number of hydrogen-bond acceptors (Lipinski definition) is 2. The highest BCUT2D eigenvalue weighted by Crippen LogP contribution is 2.14. The lowest BCUT2D eigenvalue weighted by molar-refractivity contribution is -0.121. The van der Waals surface area contributed by atoms with Gasteiger partial charge in [0.1, 0.15) is 0 Å². The Morgan fingerprint density at radius 1 is 1.20 bits per heavy atom. The summed E-state index contributed by atoms with van der Waals surface area (Å²) in [5.74, 6) is -0.421.